The van der Waals surface area contributed by atoms with Crippen LogP contribution in [0.2, 0.25) is 5.02 Å². The van der Waals surface area contributed by atoms with Gasteiger partial charge in [0.2, 0.25) is 0 Å². The van der Waals surface area contributed by atoms with E-state index in [1.807, 2.05) is 13.0 Å². The second-order valence-corrected chi connectivity index (χ2v) is 6.72. The van der Waals surface area contributed by atoms with Crippen molar-refractivity contribution in [1.29, 1.82) is 0 Å². The predicted octanol–water partition coefficient (Wildman–Crippen LogP) is 5.36. The molecule has 1 aromatic rings. The lowest BCUT2D eigenvalue weighted by atomic mass is 9.73. The first-order chi connectivity index (χ1) is 8.29. The fourth-order valence-corrected chi connectivity index (χ4v) is 3.56. The highest BCUT2D eigenvalue weighted by molar-refractivity contribution is 9.10. The van der Waals surface area contributed by atoms with Crippen molar-refractivity contribution in [3.05, 3.63) is 38.8 Å². The van der Waals surface area contributed by atoms with E-state index >= 15 is 0 Å². The molecule has 98 valence electrons. The minimum absolute atomic E-state index is 0.0823. The van der Waals surface area contributed by atoms with Gasteiger partial charge in [-0.3, -0.25) is 0 Å². The predicted molar refractivity (Wildman–Crippen MR) is 80.4 cm³/mol. The molecule has 3 heteroatoms. The Balaban J connectivity index is 2.62. The Kier molecular flexibility index (Phi) is 3.54. The largest absolute Gasteiger partial charge is 0.506 e. The van der Waals surface area contributed by atoms with E-state index in [4.69, 9.17) is 11.6 Å². The molecule has 1 N–H and O–H groups in total. The number of benzene rings is 1. The van der Waals surface area contributed by atoms with Gasteiger partial charge in [-0.05, 0) is 37.3 Å². The van der Waals surface area contributed by atoms with Crippen molar-refractivity contribution in [2.45, 2.75) is 39.0 Å². The summed E-state index contributed by atoms with van der Waals surface area (Å²) in [6, 6.07) is 2.01. The van der Waals surface area contributed by atoms with Gasteiger partial charge in [-0.25, -0.2) is 0 Å². The summed E-state index contributed by atoms with van der Waals surface area (Å²) in [5.41, 5.74) is 2.98. The Morgan fingerprint density at radius 3 is 2.67 bits per heavy atom. The Morgan fingerprint density at radius 2 is 2.17 bits per heavy atom. The minimum atomic E-state index is -0.0823. The van der Waals surface area contributed by atoms with Crippen LogP contribution in [-0.4, -0.2) is 5.11 Å². The third kappa shape index (κ3) is 1.90. The van der Waals surface area contributed by atoms with Crippen LogP contribution in [0.25, 0.3) is 0 Å². The van der Waals surface area contributed by atoms with Crippen molar-refractivity contribution >= 4 is 27.5 Å². The Bertz CT molecular complexity index is 524. The maximum atomic E-state index is 10.4. The van der Waals surface area contributed by atoms with E-state index in [0.29, 0.717) is 10.9 Å². The van der Waals surface area contributed by atoms with Crippen LogP contribution in [-0.2, 0) is 5.41 Å². The van der Waals surface area contributed by atoms with Gasteiger partial charge in [0.25, 0.3) is 0 Å². The fourth-order valence-electron chi connectivity index (χ4n) is 2.81. The van der Waals surface area contributed by atoms with Gasteiger partial charge in [0.05, 0.1) is 5.02 Å². The normalized spacial score (nSPS) is 27.8. The molecular weight excluding hydrogens is 312 g/mol. The molecule has 0 saturated heterocycles. The number of hydrogen-bond acceptors (Lipinski definition) is 1. The Morgan fingerprint density at radius 1 is 1.56 bits per heavy atom. The molecule has 0 unspecified atom stereocenters. The molecule has 1 nitrogen and oxygen atoms in total. The SMILES string of the molecule is C=C1CC[C@@](C)(c2cc(Br)c(C)c(Cl)c2O)[C@H]1C. The number of halogens is 2. The lowest BCUT2D eigenvalue weighted by Crippen LogP contribution is -2.25. The van der Waals surface area contributed by atoms with E-state index in [1.165, 1.54) is 5.57 Å². The maximum absolute atomic E-state index is 10.4. The Labute approximate surface area is 122 Å². The van der Waals surface area contributed by atoms with Crippen LogP contribution in [0.1, 0.15) is 37.8 Å². The molecule has 0 spiro atoms. The molecule has 1 aromatic carbocycles. The molecule has 1 aliphatic carbocycles. The summed E-state index contributed by atoms with van der Waals surface area (Å²) in [6.45, 7) is 10.4. The van der Waals surface area contributed by atoms with Gasteiger partial charge >= 0.3 is 0 Å². The van der Waals surface area contributed by atoms with Gasteiger partial charge in [-0.15, -0.1) is 0 Å². The zero-order valence-electron chi connectivity index (χ0n) is 11.0. The zero-order valence-corrected chi connectivity index (χ0v) is 13.3. The number of rotatable bonds is 1. The van der Waals surface area contributed by atoms with Crippen LogP contribution in [0.5, 0.6) is 5.75 Å². The van der Waals surface area contributed by atoms with Crippen molar-refractivity contribution < 1.29 is 5.11 Å². The van der Waals surface area contributed by atoms with Gasteiger partial charge in [-0.1, -0.05) is 53.5 Å². The minimum Gasteiger partial charge on any atom is -0.506 e. The topological polar surface area (TPSA) is 20.2 Å². The first-order valence-corrected chi connectivity index (χ1v) is 7.32. The van der Waals surface area contributed by atoms with Crippen LogP contribution >= 0.6 is 27.5 Å². The average molecular weight is 330 g/mol. The first kappa shape index (κ1) is 14.0. The van der Waals surface area contributed by atoms with Crippen LogP contribution in [0, 0.1) is 12.8 Å². The number of aromatic hydroxyl groups is 1. The first-order valence-electron chi connectivity index (χ1n) is 6.14. The third-order valence-corrected chi connectivity index (χ3v) is 5.86. The molecular formula is C15H18BrClO. The smallest absolute Gasteiger partial charge is 0.138 e. The molecule has 1 aliphatic rings. The number of phenols is 1. The molecule has 0 aliphatic heterocycles. The molecule has 2 rings (SSSR count). The summed E-state index contributed by atoms with van der Waals surface area (Å²) in [5, 5.41) is 10.8. The summed E-state index contributed by atoms with van der Waals surface area (Å²) in [5.74, 6) is 0.579. The van der Waals surface area contributed by atoms with E-state index in [-0.39, 0.29) is 11.2 Å². The van der Waals surface area contributed by atoms with Crippen LogP contribution in [0.15, 0.2) is 22.7 Å². The fraction of sp³-hybridized carbons (Fsp3) is 0.467. The van der Waals surface area contributed by atoms with E-state index in [1.54, 1.807) is 0 Å². The molecule has 2 atom stereocenters. The van der Waals surface area contributed by atoms with E-state index < -0.39 is 0 Å². The highest BCUT2D eigenvalue weighted by Crippen LogP contribution is 2.52. The molecule has 18 heavy (non-hydrogen) atoms. The lowest BCUT2D eigenvalue weighted by Gasteiger charge is -2.31. The average Bonchev–Trinajstić information content (AvgIpc) is 2.60. The summed E-state index contributed by atoms with van der Waals surface area (Å²) in [6.07, 6.45) is 2.02. The van der Waals surface area contributed by atoms with Gasteiger partial charge in [0.15, 0.2) is 0 Å². The summed E-state index contributed by atoms with van der Waals surface area (Å²) in [7, 11) is 0. The second-order valence-electron chi connectivity index (χ2n) is 5.49. The van der Waals surface area contributed by atoms with Crippen molar-refractivity contribution in [1.82, 2.24) is 0 Å². The number of hydrogen-bond donors (Lipinski definition) is 1. The standard InChI is InChI=1S/C15H18BrClO/c1-8-5-6-15(4,10(8)3)11-7-12(16)9(2)13(17)14(11)18/h7,10,18H,1,5-6H2,2-4H3/t10-,15+/m0/s1. The number of allylic oxidation sites excluding steroid dienone is 1. The van der Waals surface area contributed by atoms with E-state index in [9.17, 15) is 5.11 Å². The molecule has 1 fully saturated rings. The summed E-state index contributed by atoms with van der Waals surface area (Å²) < 4.78 is 0.950. The third-order valence-electron chi connectivity index (χ3n) is 4.57. The van der Waals surface area contributed by atoms with Crippen molar-refractivity contribution in [2.24, 2.45) is 5.92 Å². The molecule has 1 saturated carbocycles. The lowest BCUT2D eigenvalue weighted by molar-refractivity contribution is 0.369. The highest BCUT2D eigenvalue weighted by atomic mass is 79.9. The van der Waals surface area contributed by atoms with Crippen LogP contribution in [0.3, 0.4) is 0 Å². The number of phenolic OH excluding ortho intramolecular Hbond substituents is 1. The molecule has 0 bridgehead atoms. The molecule has 0 heterocycles. The monoisotopic (exact) mass is 328 g/mol. The van der Waals surface area contributed by atoms with Gasteiger partial charge in [0, 0.05) is 15.5 Å². The summed E-state index contributed by atoms with van der Waals surface area (Å²) in [4.78, 5) is 0. The molecule has 0 amide bonds. The van der Waals surface area contributed by atoms with Gasteiger partial charge in [-0.2, -0.15) is 0 Å². The van der Waals surface area contributed by atoms with Crippen LogP contribution in [0.4, 0.5) is 0 Å². The summed E-state index contributed by atoms with van der Waals surface area (Å²) >= 11 is 9.73. The molecule has 0 aromatic heterocycles. The quantitative estimate of drug-likeness (QED) is 0.688. The second kappa shape index (κ2) is 4.57. The van der Waals surface area contributed by atoms with Crippen LogP contribution < -0.4 is 0 Å². The zero-order chi connectivity index (χ0) is 13.7. The van der Waals surface area contributed by atoms with Crippen molar-refractivity contribution in [2.75, 3.05) is 0 Å². The van der Waals surface area contributed by atoms with E-state index in [0.717, 1.165) is 28.4 Å². The van der Waals surface area contributed by atoms with Gasteiger partial charge in [0.1, 0.15) is 5.75 Å². The molecule has 0 radical (unpaired) electrons. The maximum Gasteiger partial charge on any atom is 0.138 e. The highest BCUT2D eigenvalue weighted by Gasteiger charge is 2.41. The van der Waals surface area contributed by atoms with Crippen molar-refractivity contribution in [3.63, 3.8) is 0 Å². The van der Waals surface area contributed by atoms with Gasteiger partial charge < -0.3 is 5.11 Å². The Hall–Kier alpha value is -0.470. The van der Waals surface area contributed by atoms with Crippen molar-refractivity contribution in [3.8, 4) is 5.75 Å². The van der Waals surface area contributed by atoms with E-state index in [2.05, 4.69) is 36.4 Å².